The summed E-state index contributed by atoms with van der Waals surface area (Å²) in [5.74, 6) is 0.315. The minimum absolute atomic E-state index is 0.0531. The second-order valence-electron chi connectivity index (χ2n) is 4.94. The SMILES string of the molecule is O=C1c2ccc(Cl)nc2CCC12CCCC2. The van der Waals surface area contributed by atoms with Crippen LogP contribution in [0.3, 0.4) is 0 Å². The highest BCUT2D eigenvalue weighted by Gasteiger charge is 2.44. The maximum atomic E-state index is 12.5. The summed E-state index contributed by atoms with van der Waals surface area (Å²) in [5.41, 5.74) is 1.66. The van der Waals surface area contributed by atoms with Crippen LogP contribution in [0.4, 0.5) is 0 Å². The normalized spacial score (nSPS) is 22.4. The Bertz CT molecular complexity index is 449. The van der Waals surface area contributed by atoms with Crippen LogP contribution in [0, 0.1) is 5.41 Å². The summed E-state index contributed by atoms with van der Waals surface area (Å²) in [6.07, 6.45) is 6.39. The first-order chi connectivity index (χ1) is 7.71. The highest BCUT2D eigenvalue weighted by atomic mass is 35.5. The van der Waals surface area contributed by atoms with Gasteiger partial charge in [0, 0.05) is 11.0 Å². The molecule has 2 aliphatic carbocycles. The number of fused-ring (bicyclic) bond motifs is 1. The fourth-order valence-electron chi connectivity index (χ4n) is 3.16. The molecule has 1 heterocycles. The van der Waals surface area contributed by atoms with Crippen molar-refractivity contribution in [3.63, 3.8) is 0 Å². The van der Waals surface area contributed by atoms with Crippen molar-refractivity contribution in [1.82, 2.24) is 4.98 Å². The summed E-state index contributed by atoms with van der Waals surface area (Å²) in [6.45, 7) is 0. The molecule has 2 nitrogen and oxygen atoms in total. The molecule has 0 amide bonds. The van der Waals surface area contributed by atoms with Crippen LogP contribution in [0.1, 0.15) is 48.2 Å². The zero-order valence-electron chi connectivity index (χ0n) is 9.13. The molecule has 16 heavy (non-hydrogen) atoms. The van der Waals surface area contributed by atoms with Crippen LogP contribution in [0.25, 0.3) is 0 Å². The van der Waals surface area contributed by atoms with E-state index in [-0.39, 0.29) is 5.41 Å². The molecule has 2 aliphatic rings. The number of halogens is 1. The molecule has 1 aromatic heterocycles. The number of aryl methyl sites for hydroxylation is 1. The van der Waals surface area contributed by atoms with Crippen molar-refractivity contribution in [2.45, 2.75) is 38.5 Å². The molecule has 0 aromatic carbocycles. The van der Waals surface area contributed by atoms with E-state index < -0.39 is 0 Å². The van der Waals surface area contributed by atoms with E-state index in [1.54, 1.807) is 6.07 Å². The number of Topliss-reactive ketones (excluding diaryl/α,β-unsaturated/α-hetero) is 1. The summed E-state index contributed by atoms with van der Waals surface area (Å²) >= 11 is 5.85. The molecule has 1 fully saturated rings. The highest BCUT2D eigenvalue weighted by molar-refractivity contribution is 6.29. The van der Waals surface area contributed by atoms with Crippen molar-refractivity contribution in [3.8, 4) is 0 Å². The molecule has 0 atom stereocenters. The first-order valence-electron chi connectivity index (χ1n) is 5.92. The minimum Gasteiger partial charge on any atom is -0.293 e. The van der Waals surface area contributed by atoms with Crippen LogP contribution < -0.4 is 0 Å². The third-order valence-corrected chi connectivity index (χ3v) is 4.28. The number of rotatable bonds is 0. The zero-order valence-corrected chi connectivity index (χ0v) is 9.89. The molecule has 0 aliphatic heterocycles. The van der Waals surface area contributed by atoms with E-state index in [2.05, 4.69) is 4.98 Å². The molecular formula is C13H14ClNO. The van der Waals surface area contributed by atoms with Gasteiger partial charge in [-0.2, -0.15) is 0 Å². The smallest absolute Gasteiger partial charge is 0.170 e. The Morgan fingerprint density at radius 3 is 2.69 bits per heavy atom. The Morgan fingerprint density at radius 2 is 1.94 bits per heavy atom. The molecular weight excluding hydrogens is 222 g/mol. The maximum absolute atomic E-state index is 12.5. The van der Waals surface area contributed by atoms with Gasteiger partial charge in [-0.1, -0.05) is 24.4 Å². The van der Waals surface area contributed by atoms with Gasteiger partial charge in [0.05, 0.1) is 5.69 Å². The molecule has 0 radical (unpaired) electrons. The van der Waals surface area contributed by atoms with E-state index in [1.807, 2.05) is 6.07 Å². The fraction of sp³-hybridized carbons (Fsp3) is 0.538. The van der Waals surface area contributed by atoms with E-state index in [4.69, 9.17) is 11.6 Å². The largest absolute Gasteiger partial charge is 0.293 e. The monoisotopic (exact) mass is 235 g/mol. The van der Waals surface area contributed by atoms with E-state index >= 15 is 0 Å². The maximum Gasteiger partial charge on any atom is 0.170 e. The first kappa shape index (κ1) is 10.3. The van der Waals surface area contributed by atoms with Crippen molar-refractivity contribution in [1.29, 1.82) is 0 Å². The van der Waals surface area contributed by atoms with Crippen molar-refractivity contribution in [2.24, 2.45) is 5.41 Å². The molecule has 1 saturated carbocycles. The summed E-state index contributed by atoms with van der Waals surface area (Å²) < 4.78 is 0. The average Bonchev–Trinajstić information content (AvgIpc) is 2.74. The first-order valence-corrected chi connectivity index (χ1v) is 6.29. The number of nitrogens with zero attached hydrogens (tertiary/aromatic N) is 1. The summed E-state index contributed by atoms with van der Waals surface area (Å²) in [5, 5.41) is 0.494. The van der Waals surface area contributed by atoms with Crippen molar-refractivity contribution in [3.05, 3.63) is 28.5 Å². The predicted octanol–water partition coefficient (Wildman–Crippen LogP) is 3.42. The van der Waals surface area contributed by atoms with E-state index in [9.17, 15) is 4.79 Å². The van der Waals surface area contributed by atoms with Gasteiger partial charge in [0.2, 0.25) is 0 Å². The lowest BCUT2D eigenvalue weighted by Gasteiger charge is -2.32. The van der Waals surface area contributed by atoms with Crippen molar-refractivity contribution >= 4 is 17.4 Å². The van der Waals surface area contributed by atoms with Crippen LogP contribution in [0.5, 0.6) is 0 Å². The number of ketones is 1. The van der Waals surface area contributed by atoms with Gasteiger partial charge in [-0.3, -0.25) is 4.79 Å². The van der Waals surface area contributed by atoms with Crippen molar-refractivity contribution in [2.75, 3.05) is 0 Å². The Hall–Kier alpha value is -0.890. The standard InChI is InChI=1S/C13H14ClNO/c14-11-4-3-9-10(15-11)5-8-13(12(9)16)6-1-2-7-13/h3-4H,1-2,5-8H2. The van der Waals surface area contributed by atoms with E-state index in [0.717, 1.165) is 36.9 Å². The number of hydrogen-bond acceptors (Lipinski definition) is 2. The quantitative estimate of drug-likeness (QED) is 0.645. The van der Waals surface area contributed by atoms with Gasteiger partial charge in [-0.25, -0.2) is 4.98 Å². The molecule has 0 saturated heterocycles. The topological polar surface area (TPSA) is 30.0 Å². The third-order valence-electron chi connectivity index (χ3n) is 4.07. The average molecular weight is 236 g/mol. The molecule has 1 aromatic rings. The second-order valence-corrected chi connectivity index (χ2v) is 5.33. The van der Waals surface area contributed by atoms with Crippen LogP contribution >= 0.6 is 11.6 Å². The Morgan fingerprint density at radius 1 is 1.19 bits per heavy atom. The van der Waals surface area contributed by atoms with Gasteiger partial charge in [0.1, 0.15) is 5.15 Å². The van der Waals surface area contributed by atoms with Crippen LogP contribution in [-0.4, -0.2) is 10.8 Å². The van der Waals surface area contributed by atoms with E-state index in [0.29, 0.717) is 10.9 Å². The highest BCUT2D eigenvalue weighted by Crippen LogP contribution is 2.47. The van der Waals surface area contributed by atoms with Gasteiger partial charge in [-0.15, -0.1) is 0 Å². The number of pyridine rings is 1. The van der Waals surface area contributed by atoms with Gasteiger partial charge < -0.3 is 0 Å². The van der Waals surface area contributed by atoms with Gasteiger partial charge in [0.25, 0.3) is 0 Å². The molecule has 1 spiro atoms. The second kappa shape index (κ2) is 3.56. The Labute approximate surface area is 100 Å². The van der Waals surface area contributed by atoms with Crippen LogP contribution in [-0.2, 0) is 6.42 Å². The predicted molar refractivity (Wildman–Crippen MR) is 62.8 cm³/mol. The summed E-state index contributed by atoms with van der Waals surface area (Å²) in [7, 11) is 0. The van der Waals surface area contributed by atoms with E-state index in [1.165, 1.54) is 12.8 Å². The van der Waals surface area contributed by atoms with Crippen molar-refractivity contribution < 1.29 is 4.79 Å². The number of hydrogen-bond donors (Lipinski definition) is 0. The van der Waals surface area contributed by atoms with Crippen LogP contribution in [0.2, 0.25) is 5.15 Å². The molecule has 0 unspecified atom stereocenters. The van der Waals surface area contributed by atoms with Gasteiger partial charge in [0.15, 0.2) is 5.78 Å². The third kappa shape index (κ3) is 1.40. The molecule has 0 N–H and O–H groups in total. The molecule has 84 valence electrons. The van der Waals surface area contributed by atoms with Gasteiger partial charge >= 0.3 is 0 Å². The van der Waals surface area contributed by atoms with Crippen LogP contribution in [0.15, 0.2) is 12.1 Å². The molecule has 0 bridgehead atoms. The lowest BCUT2D eigenvalue weighted by atomic mass is 9.70. The zero-order chi connectivity index (χ0) is 11.2. The molecule has 3 rings (SSSR count). The lowest BCUT2D eigenvalue weighted by Crippen LogP contribution is -2.34. The molecule has 3 heteroatoms. The lowest BCUT2D eigenvalue weighted by molar-refractivity contribution is 0.0763. The van der Waals surface area contributed by atoms with Gasteiger partial charge in [-0.05, 0) is 37.8 Å². The summed E-state index contributed by atoms with van der Waals surface area (Å²) in [4.78, 5) is 16.7. The fourth-order valence-corrected chi connectivity index (χ4v) is 3.32. The summed E-state index contributed by atoms with van der Waals surface area (Å²) in [6, 6.07) is 3.58. The number of carbonyl (C=O) groups excluding carboxylic acids is 1. The Kier molecular flexibility index (Phi) is 2.28. The minimum atomic E-state index is -0.0531. The number of aromatic nitrogens is 1. The Balaban J connectivity index is 2.05. The number of carbonyl (C=O) groups is 1.